The third-order valence-electron chi connectivity index (χ3n) is 3.04. The minimum atomic E-state index is -4.74. The van der Waals surface area contributed by atoms with Crippen molar-refractivity contribution in [2.24, 2.45) is 0 Å². The van der Waals surface area contributed by atoms with Crippen LogP contribution >= 0.6 is 0 Å². The Bertz CT molecular complexity index is 687. The maximum atomic E-state index is 12.4. The average molecular weight is 291 g/mol. The predicted molar refractivity (Wildman–Crippen MR) is 72.6 cm³/mol. The van der Waals surface area contributed by atoms with Crippen molar-refractivity contribution in [2.75, 3.05) is 0 Å². The van der Waals surface area contributed by atoms with Crippen molar-refractivity contribution in [3.63, 3.8) is 0 Å². The molecule has 0 fully saturated rings. The number of benzene rings is 2. The normalized spacial score (nSPS) is 11.0. The Morgan fingerprint density at radius 1 is 1.14 bits per heavy atom. The molecule has 0 saturated heterocycles. The monoisotopic (exact) mass is 291 g/mol. The van der Waals surface area contributed by atoms with Crippen molar-refractivity contribution in [3.8, 4) is 22.9 Å². The standard InChI is InChI=1S/C16H12F3NO/c1-11-6-7-13(10-12(11)8-9-20)14-4-2-3-5-15(14)21-16(17,18)19/h2-7,10H,8H2,1H3. The van der Waals surface area contributed by atoms with E-state index in [-0.39, 0.29) is 12.2 Å². The molecule has 0 spiro atoms. The maximum Gasteiger partial charge on any atom is 0.573 e. The number of aryl methyl sites for hydroxylation is 1. The highest BCUT2D eigenvalue weighted by molar-refractivity contribution is 5.71. The van der Waals surface area contributed by atoms with E-state index in [0.29, 0.717) is 11.1 Å². The van der Waals surface area contributed by atoms with Crippen LogP contribution in [-0.2, 0) is 6.42 Å². The minimum Gasteiger partial charge on any atom is -0.405 e. The van der Waals surface area contributed by atoms with Gasteiger partial charge in [-0.2, -0.15) is 5.26 Å². The fraction of sp³-hybridized carbons (Fsp3) is 0.188. The smallest absolute Gasteiger partial charge is 0.405 e. The number of nitrogens with zero attached hydrogens (tertiary/aromatic N) is 1. The van der Waals surface area contributed by atoms with E-state index in [1.165, 1.54) is 12.1 Å². The van der Waals surface area contributed by atoms with E-state index >= 15 is 0 Å². The van der Waals surface area contributed by atoms with Gasteiger partial charge in [0.05, 0.1) is 12.5 Å². The summed E-state index contributed by atoms with van der Waals surface area (Å²) in [5.74, 6) is -0.253. The van der Waals surface area contributed by atoms with Crippen molar-refractivity contribution in [2.45, 2.75) is 19.7 Å². The van der Waals surface area contributed by atoms with Crippen LogP contribution in [0.5, 0.6) is 5.75 Å². The molecule has 0 atom stereocenters. The number of halogens is 3. The molecule has 0 aliphatic rings. The summed E-state index contributed by atoms with van der Waals surface area (Å²) in [5.41, 5.74) is 2.64. The molecule has 2 aromatic rings. The molecule has 0 aliphatic carbocycles. The molecule has 2 aromatic carbocycles. The Kier molecular flexibility index (Phi) is 4.18. The summed E-state index contributed by atoms with van der Waals surface area (Å²) in [7, 11) is 0. The quantitative estimate of drug-likeness (QED) is 0.826. The van der Waals surface area contributed by atoms with Crippen LogP contribution in [0.1, 0.15) is 11.1 Å². The second-order valence-corrected chi connectivity index (χ2v) is 4.52. The van der Waals surface area contributed by atoms with Gasteiger partial charge in [0.25, 0.3) is 0 Å². The number of rotatable bonds is 3. The molecule has 0 saturated carbocycles. The summed E-state index contributed by atoms with van der Waals surface area (Å²) in [6, 6.07) is 13.2. The molecule has 0 amide bonds. The van der Waals surface area contributed by atoms with Crippen LogP contribution in [0.15, 0.2) is 42.5 Å². The van der Waals surface area contributed by atoms with Gasteiger partial charge < -0.3 is 4.74 Å². The van der Waals surface area contributed by atoms with Crippen LogP contribution in [0.3, 0.4) is 0 Å². The molecule has 21 heavy (non-hydrogen) atoms. The molecule has 0 N–H and O–H groups in total. The van der Waals surface area contributed by atoms with Gasteiger partial charge in [0.15, 0.2) is 0 Å². The van der Waals surface area contributed by atoms with Crippen molar-refractivity contribution < 1.29 is 17.9 Å². The van der Waals surface area contributed by atoms with Crippen LogP contribution in [0.25, 0.3) is 11.1 Å². The number of hydrogen-bond acceptors (Lipinski definition) is 2. The third kappa shape index (κ3) is 3.76. The van der Waals surface area contributed by atoms with Gasteiger partial charge in [-0.25, -0.2) is 0 Å². The van der Waals surface area contributed by atoms with E-state index < -0.39 is 6.36 Å². The molecule has 0 radical (unpaired) electrons. The lowest BCUT2D eigenvalue weighted by atomic mass is 9.98. The molecule has 0 aromatic heterocycles. The van der Waals surface area contributed by atoms with Gasteiger partial charge in [0.2, 0.25) is 0 Å². The number of alkyl halides is 3. The zero-order chi connectivity index (χ0) is 15.5. The highest BCUT2D eigenvalue weighted by atomic mass is 19.4. The van der Waals surface area contributed by atoms with Crippen LogP contribution in [0.4, 0.5) is 13.2 Å². The number of ether oxygens (including phenoxy) is 1. The first kappa shape index (κ1) is 14.9. The van der Waals surface area contributed by atoms with E-state index in [1.54, 1.807) is 30.3 Å². The lowest BCUT2D eigenvalue weighted by Gasteiger charge is -2.14. The minimum absolute atomic E-state index is 0.210. The Hall–Kier alpha value is -2.48. The molecule has 0 aliphatic heterocycles. The van der Waals surface area contributed by atoms with Gasteiger partial charge in [-0.05, 0) is 35.7 Å². The van der Waals surface area contributed by atoms with Gasteiger partial charge >= 0.3 is 6.36 Å². The summed E-state index contributed by atoms with van der Waals surface area (Å²) in [5, 5.41) is 8.79. The Morgan fingerprint density at radius 2 is 1.86 bits per heavy atom. The van der Waals surface area contributed by atoms with Gasteiger partial charge in [0, 0.05) is 5.56 Å². The molecule has 0 unspecified atom stereocenters. The first-order valence-corrected chi connectivity index (χ1v) is 6.22. The fourth-order valence-corrected chi connectivity index (χ4v) is 2.03. The summed E-state index contributed by atoms with van der Waals surface area (Å²) in [4.78, 5) is 0. The average Bonchev–Trinajstić information content (AvgIpc) is 2.40. The van der Waals surface area contributed by atoms with Crippen LogP contribution in [-0.4, -0.2) is 6.36 Å². The summed E-state index contributed by atoms with van der Waals surface area (Å²) < 4.78 is 41.4. The molecule has 2 rings (SSSR count). The van der Waals surface area contributed by atoms with Crippen LogP contribution in [0, 0.1) is 18.3 Å². The molecular formula is C16H12F3NO. The van der Waals surface area contributed by atoms with Gasteiger partial charge in [-0.1, -0.05) is 30.3 Å². The molecule has 5 heteroatoms. The maximum absolute atomic E-state index is 12.4. The van der Waals surface area contributed by atoms with Crippen LogP contribution < -0.4 is 4.74 Å². The summed E-state index contributed by atoms with van der Waals surface area (Å²) >= 11 is 0. The van der Waals surface area contributed by atoms with E-state index in [4.69, 9.17) is 5.26 Å². The summed E-state index contributed by atoms with van der Waals surface area (Å²) in [6.07, 6.45) is -4.53. The van der Waals surface area contributed by atoms with E-state index in [1.807, 2.05) is 13.0 Å². The second-order valence-electron chi connectivity index (χ2n) is 4.52. The van der Waals surface area contributed by atoms with Crippen molar-refractivity contribution in [1.82, 2.24) is 0 Å². The van der Waals surface area contributed by atoms with Crippen LogP contribution in [0.2, 0.25) is 0 Å². The number of para-hydroxylation sites is 1. The Labute approximate surface area is 120 Å². The lowest BCUT2D eigenvalue weighted by molar-refractivity contribution is -0.274. The Balaban J connectivity index is 2.47. The second kappa shape index (κ2) is 5.88. The van der Waals surface area contributed by atoms with E-state index in [9.17, 15) is 13.2 Å². The SMILES string of the molecule is Cc1ccc(-c2ccccc2OC(F)(F)F)cc1CC#N. The fourth-order valence-electron chi connectivity index (χ4n) is 2.03. The van der Waals surface area contributed by atoms with E-state index in [0.717, 1.165) is 11.1 Å². The third-order valence-corrected chi connectivity index (χ3v) is 3.04. The number of hydrogen-bond donors (Lipinski definition) is 0. The zero-order valence-electron chi connectivity index (χ0n) is 11.2. The molecule has 0 heterocycles. The van der Waals surface area contributed by atoms with E-state index in [2.05, 4.69) is 4.74 Å². The van der Waals surface area contributed by atoms with Gasteiger partial charge in [-0.3, -0.25) is 0 Å². The molecule has 0 bridgehead atoms. The zero-order valence-corrected chi connectivity index (χ0v) is 11.2. The highest BCUT2D eigenvalue weighted by Gasteiger charge is 2.32. The topological polar surface area (TPSA) is 33.0 Å². The number of nitriles is 1. The largest absolute Gasteiger partial charge is 0.573 e. The van der Waals surface area contributed by atoms with Gasteiger partial charge in [-0.15, -0.1) is 13.2 Å². The Morgan fingerprint density at radius 3 is 2.52 bits per heavy atom. The molecule has 2 nitrogen and oxygen atoms in total. The molecular weight excluding hydrogens is 279 g/mol. The van der Waals surface area contributed by atoms with Gasteiger partial charge in [0.1, 0.15) is 5.75 Å². The summed E-state index contributed by atoms with van der Waals surface area (Å²) in [6.45, 7) is 1.86. The predicted octanol–water partition coefficient (Wildman–Crippen LogP) is 4.63. The molecule has 108 valence electrons. The lowest BCUT2D eigenvalue weighted by Crippen LogP contribution is -2.17. The highest BCUT2D eigenvalue weighted by Crippen LogP contribution is 2.34. The first-order chi connectivity index (χ1) is 9.90. The van der Waals surface area contributed by atoms with Crippen molar-refractivity contribution >= 4 is 0 Å². The van der Waals surface area contributed by atoms with Crippen molar-refractivity contribution in [3.05, 3.63) is 53.6 Å². The van der Waals surface area contributed by atoms with Crippen molar-refractivity contribution in [1.29, 1.82) is 5.26 Å². The first-order valence-electron chi connectivity index (χ1n) is 6.22.